The number of rotatable bonds is 13. The van der Waals surface area contributed by atoms with Crippen molar-refractivity contribution in [2.45, 2.75) is 39.2 Å². The maximum absolute atomic E-state index is 12.4. The molecule has 0 spiro atoms. The quantitative estimate of drug-likeness (QED) is 0.424. The van der Waals surface area contributed by atoms with Gasteiger partial charge in [-0.3, -0.25) is 10.1 Å². The van der Waals surface area contributed by atoms with Crippen molar-refractivity contribution in [2.75, 3.05) is 31.7 Å². The number of aryl methyl sites for hydroxylation is 1. The van der Waals surface area contributed by atoms with Gasteiger partial charge in [-0.05, 0) is 43.9 Å². The smallest absolute Gasteiger partial charge is 0.226 e. The van der Waals surface area contributed by atoms with Gasteiger partial charge in [0.05, 0.1) is 17.6 Å². The van der Waals surface area contributed by atoms with Gasteiger partial charge >= 0.3 is 0 Å². The molecule has 1 N–H and O–H groups in total. The van der Waals surface area contributed by atoms with E-state index in [1.807, 2.05) is 49.4 Å². The Kier molecular flexibility index (Phi) is 8.87. The van der Waals surface area contributed by atoms with Crippen molar-refractivity contribution in [3.05, 3.63) is 60.2 Å². The van der Waals surface area contributed by atoms with Crippen LogP contribution in [0, 0.1) is 0 Å². The molecular formula is C24H31N3O3. The largest absolute Gasteiger partial charge is 0.382 e. The summed E-state index contributed by atoms with van der Waals surface area (Å²) in [6.07, 6.45) is 2.85. The normalized spacial score (nSPS) is 11.1. The summed E-state index contributed by atoms with van der Waals surface area (Å²) in [7, 11) is 0. The van der Waals surface area contributed by atoms with E-state index in [0.717, 1.165) is 30.4 Å². The Bertz CT molecular complexity index is 908. The number of nitrogens with zero attached hydrogens (tertiary/aromatic N) is 2. The lowest BCUT2D eigenvalue weighted by Crippen LogP contribution is -2.17. The van der Waals surface area contributed by atoms with Gasteiger partial charge in [0.1, 0.15) is 0 Å². The summed E-state index contributed by atoms with van der Waals surface area (Å²) >= 11 is 0. The lowest BCUT2D eigenvalue weighted by Gasteiger charge is -2.10. The van der Waals surface area contributed by atoms with Crippen LogP contribution in [0.1, 0.15) is 31.7 Å². The first-order chi connectivity index (χ1) is 14.8. The van der Waals surface area contributed by atoms with Crippen molar-refractivity contribution in [1.82, 2.24) is 9.55 Å². The first-order valence-electron chi connectivity index (χ1n) is 10.7. The average Bonchev–Trinajstić information content (AvgIpc) is 3.11. The third-order valence-corrected chi connectivity index (χ3v) is 4.85. The summed E-state index contributed by atoms with van der Waals surface area (Å²) in [5.41, 5.74) is 3.17. The fourth-order valence-corrected chi connectivity index (χ4v) is 3.33. The molecule has 0 atom stereocenters. The van der Waals surface area contributed by atoms with Crippen LogP contribution in [0.25, 0.3) is 11.0 Å². The minimum atomic E-state index is -0.0389. The number of anilines is 1. The van der Waals surface area contributed by atoms with E-state index in [-0.39, 0.29) is 5.91 Å². The molecule has 0 unspecified atom stereocenters. The molecule has 6 nitrogen and oxygen atoms in total. The van der Waals surface area contributed by atoms with E-state index in [1.54, 1.807) is 0 Å². The maximum atomic E-state index is 12.4. The average molecular weight is 410 g/mol. The zero-order chi connectivity index (χ0) is 21.0. The Labute approximate surface area is 178 Å². The number of imidazole rings is 1. The third kappa shape index (κ3) is 6.68. The van der Waals surface area contributed by atoms with Gasteiger partial charge in [0.25, 0.3) is 0 Å². The minimum absolute atomic E-state index is 0.0389. The van der Waals surface area contributed by atoms with Crippen LogP contribution in [-0.4, -0.2) is 41.9 Å². The molecule has 6 heteroatoms. The number of nitrogens with one attached hydrogen (secondary N) is 1. The van der Waals surface area contributed by atoms with E-state index < -0.39 is 0 Å². The number of hydrogen-bond donors (Lipinski definition) is 1. The fraction of sp³-hybridized carbons (Fsp3) is 0.417. The standard InChI is InChI=1S/C24H31N3O3/c1-2-29-18-9-16-27-22-13-7-6-12-21(22)25-24(27)26-23(28)14-8-17-30-19-15-20-10-4-3-5-11-20/h3-7,10-13H,2,8-9,14-19H2,1H3,(H,25,26,28). The van der Waals surface area contributed by atoms with Crippen LogP contribution in [0.2, 0.25) is 0 Å². The third-order valence-electron chi connectivity index (χ3n) is 4.85. The molecule has 0 fully saturated rings. The first kappa shape index (κ1) is 22.0. The van der Waals surface area contributed by atoms with E-state index >= 15 is 0 Å². The Morgan fingerprint density at radius 3 is 2.57 bits per heavy atom. The number of fused-ring (bicyclic) bond motifs is 1. The highest BCUT2D eigenvalue weighted by atomic mass is 16.5. The molecule has 0 saturated heterocycles. The molecule has 160 valence electrons. The molecule has 1 amide bonds. The lowest BCUT2D eigenvalue weighted by molar-refractivity contribution is -0.116. The number of amides is 1. The molecule has 0 aliphatic heterocycles. The summed E-state index contributed by atoms with van der Waals surface area (Å²) in [6.45, 7) is 5.38. The Morgan fingerprint density at radius 2 is 1.73 bits per heavy atom. The minimum Gasteiger partial charge on any atom is -0.382 e. The van der Waals surface area contributed by atoms with Crippen LogP contribution in [-0.2, 0) is 27.2 Å². The number of ether oxygens (including phenoxy) is 2. The summed E-state index contributed by atoms with van der Waals surface area (Å²) in [6, 6.07) is 18.2. The molecular weight excluding hydrogens is 378 g/mol. The molecule has 3 rings (SSSR count). The Hall–Kier alpha value is -2.70. The number of hydrogen-bond acceptors (Lipinski definition) is 4. The molecule has 0 saturated carbocycles. The second-order valence-electron chi connectivity index (χ2n) is 7.13. The Morgan fingerprint density at radius 1 is 0.967 bits per heavy atom. The summed E-state index contributed by atoms with van der Waals surface area (Å²) < 4.78 is 13.2. The van der Waals surface area contributed by atoms with Crippen LogP contribution < -0.4 is 5.32 Å². The number of carbonyl (C=O) groups is 1. The van der Waals surface area contributed by atoms with Gasteiger partial charge in [0, 0.05) is 32.8 Å². The van der Waals surface area contributed by atoms with E-state index in [1.165, 1.54) is 5.56 Å². The second kappa shape index (κ2) is 12.1. The van der Waals surface area contributed by atoms with Crippen LogP contribution in [0.4, 0.5) is 5.95 Å². The zero-order valence-electron chi connectivity index (χ0n) is 17.7. The van der Waals surface area contributed by atoms with Gasteiger partial charge in [0.2, 0.25) is 11.9 Å². The van der Waals surface area contributed by atoms with Crippen LogP contribution in [0.15, 0.2) is 54.6 Å². The van der Waals surface area contributed by atoms with Crippen molar-refractivity contribution in [1.29, 1.82) is 0 Å². The van der Waals surface area contributed by atoms with Gasteiger partial charge in [-0.15, -0.1) is 0 Å². The molecule has 0 aliphatic carbocycles. The highest BCUT2D eigenvalue weighted by Gasteiger charge is 2.13. The maximum Gasteiger partial charge on any atom is 0.226 e. The SMILES string of the molecule is CCOCCCn1c(NC(=O)CCCOCCc2ccccc2)nc2ccccc21. The highest BCUT2D eigenvalue weighted by molar-refractivity contribution is 5.91. The zero-order valence-corrected chi connectivity index (χ0v) is 17.7. The number of carbonyl (C=O) groups excluding carboxylic acids is 1. The molecule has 0 radical (unpaired) electrons. The summed E-state index contributed by atoms with van der Waals surface area (Å²) in [4.78, 5) is 17.0. The van der Waals surface area contributed by atoms with Crippen molar-refractivity contribution < 1.29 is 14.3 Å². The van der Waals surface area contributed by atoms with Crippen molar-refractivity contribution >= 4 is 22.9 Å². The number of benzene rings is 2. The van der Waals surface area contributed by atoms with Crippen molar-refractivity contribution in [3.63, 3.8) is 0 Å². The topological polar surface area (TPSA) is 65.4 Å². The van der Waals surface area contributed by atoms with Crippen LogP contribution in [0.5, 0.6) is 0 Å². The number of para-hydroxylation sites is 2. The predicted molar refractivity (Wildman–Crippen MR) is 120 cm³/mol. The molecule has 3 aromatic rings. The predicted octanol–water partition coefficient (Wildman–Crippen LogP) is 4.44. The number of aromatic nitrogens is 2. The second-order valence-corrected chi connectivity index (χ2v) is 7.13. The van der Waals surface area contributed by atoms with Gasteiger partial charge in [-0.1, -0.05) is 42.5 Å². The van der Waals surface area contributed by atoms with Crippen LogP contribution >= 0.6 is 0 Å². The van der Waals surface area contributed by atoms with Gasteiger partial charge in [-0.2, -0.15) is 0 Å². The molecule has 1 heterocycles. The fourth-order valence-electron chi connectivity index (χ4n) is 3.33. The molecule has 2 aromatic carbocycles. The van der Waals surface area contributed by atoms with Crippen LogP contribution in [0.3, 0.4) is 0 Å². The lowest BCUT2D eigenvalue weighted by atomic mass is 10.2. The van der Waals surface area contributed by atoms with E-state index in [4.69, 9.17) is 9.47 Å². The summed E-state index contributed by atoms with van der Waals surface area (Å²) in [5, 5.41) is 2.97. The first-order valence-corrected chi connectivity index (χ1v) is 10.7. The van der Waals surface area contributed by atoms with E-state index in [9.17, 15) is 4.79 Å². The van der Waals surface area contributed by atoms with Crippen molar-refractivity contribution in [2.24, 2.45) is 0 Å². The van der Waals surface area contributed by atoms with Crippen molar-refractivity contribution in [3.8, 4) is 0 Å². The van der Waals surface area contributed by atoms with Gasteiger partial charge in [0.15, 0.2) is 0 Å². The van der Waals surface area contributed by atoms with E-state index in [0.29, 0.717) is 45.2 Å². The Balaban J connectivity index is 1.44. The van der Waals surface area contributed by atoms with Gasteiger partial charge < -0.3 is 14.0 Å². The molecule has 0 aliphatic rings. The highest BCUT2D eigenvalue weighted by Crippen LogP contribution is 2.20. The summed E-state index contributed by atoms with van der Waals surface area (Å²) in [5.74, 6) is 0.561. The molecule has 30 heavy (non-hydrogen) atoms. The van der Waals surface area contributed by atoms with Gasteiger partial charge in [-0.25, -0.2) is 4.98 Å². The molecule has 1 aromatic heterocycles. The molecule has 0 bridgehead atoms. The monoisotopic (exact) mass is 409 g/mol. The van der Waals surface area contributed by atoms with E-state index in [2.05, 4.69) is 27.0 Å².